The number of aromatic nitrogens is 4. The summed E-state index contributed by atoms with van der Waals surface area (Å²) in [5.41, 5.74) is 3.26. The maximum atomic E-state index is 12.8. The standard InChI is InChI=1S/C20H22N6O/c1-14(17-6-2-3-7-21-17)25-20(27)15-5-4-10-26(13-15)16-11-18-19(24-12-16)23-9-8-22-18/h2-3,6-9,11-12,14-15H,4-5,10,13H2,1H3,(H,25,27)/t14-,15-/m1/s1. The molecule has 1 amide bonds. The van der Waals surface area contributed by atoms with Crippen molar-refractivity contribution >= 4 is 22.8 Å². The number of nitrogens with zero attached hydrogens (tertiary/aromatic N) is 5. The lowest BCUT2D eigenvalue weighted by Gasteiger charge is -2.34. The maximum absolute atomic E-state index is 12.8. The van der Waals surface area contributed by atoms with Gasteiger partial charge in [0.25, 0.3) is 0 Å². The maximum Gasteiger partial charge on any atom is 0.225 e. The highest BCUT2D eigenvalue weighted by molar-refractivity contribution is 5.80. The van der Waals surface area contributed by atoms with Gasteiger partial charge in [0.15, 0.2) is 5.65 Å². The minimum absolute atomic E-state index is 0.0533. The molecule has 3 aromatic heterocycles. The fourth-order valence-corrected chi connectivity index (χ4v) is 3.48. The quantitative estimate of drug-likeness (QED) is 0.768. The van der Waals surface area contributed by atoms with Crippen molar-refractivity contribution in [1.82, 2.24) is 25.3 Å². The Morgan fingerprint density at radius 3 is 2.93 bits per heavy atom. The van der Waals surface area contributed by atoms with Crippen LogP contribution >= 0.6 is 0 Å². The van der Waals surface area contributed by atoms with Gasteiger partial charge in [-0.2, -0.15) is 0 Å². The molecule has 0 spiro atoms. The summed E-state index contributed by atoms with van der Waals surface area (Å²) in [4.78, 5) is 32.2. The van der Waals surface area contributed by atoms with Crippen LogP contribution in [0.3, 0.4) is 0 Å². The van der Waals surface area contributed by atoms with Crippen molar-refractivity contribution in [2.24, 2.45) is 5.92 Å². The van der Waals surface area contributed by atoms with E-state index in [0.29, 0.717) is 12.2 Å². The van der Waals surface area contributed by atoms with Crippen molar-refractivity contribution in [1.29, 1.82) is 0 Å². The van der Waals surface area contributed by atoms with Gasteiger partial charge >= 0.3 is 0 Å². The van der Waals surface area contributed by atoms with E-state index in [2.05, 4.69) is 30.2 Å². The first kappa shape index (κ1) is 17.3. The van der Waals surface area contributed by atoms with Crippen LogP contribution in [0.25, 0.3) is 11.2 Å². The van der Waals surface area contributed by atoms with Crippen LogP contribution in [-0.4, -0.2) is 38.9 Å². The summed E-state index contributed by atoms with van der Waals surface area (Å²) in [6, 6.07) is 7.63. The van der Waals surface area contributed by atoms with Gasteiger partial charge in [-0.15, -0.1) is 0 Å². The Morgan fingerprint density at radius 2 is 2.07 bits per heavy atom. The van der Waals surface area contributed by atoms with Crippen LogP contribution < -0.4 is 10.2 Å². The van der Waals surface area contributed by atoms with E-state index in [0.717, 1.165) is 36.3 Å². The van der Waals surface area contributed by atoms with Gasteiger partial charge in [-0.05, 0) is 38.0 Å². The van der Waals surface area contributed by atoms with Crippen LogP contribution in [0.5, 0.6) is 0 Å². The summed E-state index contributed by atoms with van der Waals surface area (Å²) in [5, 5.41) is 3.10. The molecule has 138 valence electrons. The Hall–Kier alpha value is -3.09. The molecule has 0 aliphatic carbocycles. The summed E-state index contributed by atoms with van der Waals surface area (Å²) in [6.45, 7) is 3.55. The number of carbonyl (C=O) groups is 1. The van der Waals surface area contributed by atoms with Crippen LogP contribution in [0.2, 0.25) is 0 Å². The number of amides is 1. The molecule has 0 saturated carbocycles. The number of piperidine rings is 1. The fraction of sp³-hybridized carbons (Fsp3) is 0.350. The van der Waals surface area contributed by atoms with Gasteiger partial charge in [-0.1, -0.05) is 6.07 Å². The zero-order valence-corrected chi connectivity index (χ0v) is 15.2. The van der Waals surface area contributed by atoms with Crippen LogP contribution in [-0.2, 0) is 4.79 Å². The van der Waals surface area contributed by atoms with E-state index in [9.17, 15) is 4.79 Å². The molecule has 0 unspecified atom stereocenters. The number of carbonyl (C=O) groups excluding carboxylic acids is 1. The van der Waals surface area contributed by atoms with Gasteiger partial charge in [0.05, 0.1) is 29.5 Å². The molecule has 27 heavy (non-hydrogen) atoms. The van der Waals surface area contributed by atoms with E-state index in [4.69, 9.17) is 0 Å². The summed E-state index contributed by atoms with van der Waals surface area (Å²) < 4.78 is 0. The van der Waals surface area contributed by atoms with Crippen LogP contribution in [0, 0.1) is 5.92 Å². The zero-order valence-electron chi connectivity index (χ0n) is 15.2. The molecule has 7 nitrogen and oxygen atoms in total. The molecule has 4 heterocycles. The SMILES string of the molecule is C[C@@H](NC(=O)[C@@H]1CCCN(c2cnc3nccnc3c2)C1)c1ccccn1. The Labute approximate surface area is 157 Å². The van der Waals surface area contributed by atoms with E-state index in [1.165, 1.54) is 0 Å². The second-order valence-electron chi connectivity index (χ2n) is 6.86. The van der Waals surface area contributed by atoms with E-state index < -0.39 is 0 Å². The molecular weight excluding hydrogens is 340 g/mol. The molecule has 1 N–H and O–H groups in total. The predicted molar refractivity (Wildman–Crippen MR) is 103 cm³/mol. The second kappa shape index (κ2) is 7.65. The molecule has 7 heteroatoms. The normalized spacial score (nSPS) is 18.3. The monoisotopic (exact) mass is 362 g/mol. The number of fused-ring (bicyclic) bond motifs is 1. The van der Waals surface area contributed by atoms with Gasteiger partial charge < -0.3 is 10.2 Å². The lowest BCUT2D eigenvalue weighted by molar-refractivity contribution is -0.125. The largest absolute Gasteiger partial charge is 0.369 e. The number of hydrogen-bond donors (Lipinski definition) is 1. The van der Waals surface area contributed by atoms with E-state index in [-0.39, 0.29) is 17.9 Å². The van der Waals surface area contributed by atoms with Crippen LogP contribution in [0.15, 0.2) is 49.1 Å². The third-order valence-corrected chi connectivity index (χ3v) is 4.96. The lowest BCUT2D eigenvalue weighted by atomic mass is 9.96. The van der Waals surface area contributed by atoms with Gasteiger partial charge in [-0.25, -0.2) is 9.97 Å². The third kappa shape index (κ3) is 3.86. The van der Waals surface area contributed by atoms with Crippen molar-refractivity contribution < 1.29 is 4.79 Å². The highest BCUT2D eigenvalue weighted by Gasteiger charge is 2.27. The third-order valence-electron chi connectivity index (χ3n) is 4.96. The first-order valence-corrected chi connectivity index (χ1v) is 9.24. The van der Waals surface area contributed by atoms with Gasteiger partial charge in [0.1, 0.15) is 5.52 Å². The van der Waals surface area contributed by atoms with E-state index in [1.54, 1.807) is 18.6 Å². The molecule has 0 aromatic carbocycles. The molecule has 1 saturated heterocycles. The van der Waals surface area contributed by atoms with Crippen molar-refractivity contribution in [2.75, 3.05) is 18.0 Å². The molecule has 4 rings (SSSR count). The Morgan fingerprint density at radius 1 is 1.19 bits per heavy atom. The van der Waals surface area contributed by atoms with Crippen molar-refractivity contribution in [3.63, 3.8) is 0 Å². The van der Waals surface area contributed by atoms with E-state index >= 15 is 0 Å². The van der Waals surface area contributed by atoms with Crippen LogP contribution in [0.1, 0.15) is 31.5 Å². The highest BCUT2D eigenvalue weighted by atomic mass is 16.2. The average Bonchev–Trinajstić information content (AvgIpc) is 2.74. The van der Waals surface area contributed by atoms with Gasteiger partial charge in [0, 0.05) is 31.7 Å². The molecule has 0 radical (unpaired) electrons. The first-order chi connectivity index (χ1) is 13.2. The number of pyridine rings is 2. The summed E-state index contributed by atoms with van der Waals surface area (Å²) in [5.74, 6) is 0.0221. The molecule has 0 bridgehead atoms. The average molecular weight is 362 g/mol. The number of nitrogens with one attached hydrogen (secondary N) is 1. The molecule has 1 aliphatic rings. The topological polar surface area (TPSA) is 83.9 Å². The molecule has 3 aromatic rings. The minimum Gasteiger partial charge on any atom is -0.369 e. The Bertz CT molecular complexity index is 932. The smallest absolute Gasteiger partial charge is 0.225 e. The minimum atomic E-state index is -0.105. The number of rotatable bonds is 4. The number of hydrogen-bond acceptors (Lipinski definition) is 6. The molecule has 2 atom stereocenters. The summed E-state index contributed by atoms with van der Waals surface area (Å²) in [7, 11) is 0. The summed E-state index contributed by atoms with van der Waals surface area (Å²) in [6.07, 6.45) is 8.72. The Kier molecular flexibility index (Phi) is 4.91. The van der Waals surface area contributed by atoms with E-state index in [1.807, 2.05) is 37.4 Å². The zero-order chi connectivity index (χ0) is 18.6. The van der Waals surface area contributed by atoms with Crippen molar-refractivity contribution in [2.45, 2.75) is 25.8 Å². The van der Waals surface area contributed by atoms with Gasteiger partial charge in [0.2, 0.25) is 5.91 Å². The predicted octanol–water partition coefficient (Wildman–Crippen LogP) is 2.51. The summed E-state index contributed by atoms with van der Waals surface area (Å²) >= 11 is 0. The first-order valence-electron chi connectivity index (χ1n) is 9.24. The highest BCUT2D eigenvalue weighted by Crippen LogP contribution is 2.25. The lowest BCUT2D eigenvalue weighted by Crippen LogP contribution is -2.43. The van der Waals surface area contributed by atoms with Crippen molar-refractivity contribution in [3.8, 4) is 0 Å². The van der Waals surface area contributed by atoms with Crippen molar-refractivity contribution in [3.05, 3.63) is 54.7 Å². The second-order valence-corrected chi connectivity index (χ2v) is 6.86. The molecule has 1 fully saturated rings. The van der Waals surface area contributed by atoms with Crippen LogP contribution in [0.4, 0.5) is 5.69 Å². The number of anilines is 1. The fourth-order valence-electron chi connectivity index (χ4n) is 3.48. The Balaban J connectivity index is 1.44. The molecule has 1 aliphatic heterocycles. The van der Waals surface area contributed by atoms with Gasteiger partial charge in [-0.3, -0.25) is 14.8 Å². The molecular formula is C20H22N6O.